The Kier molecular flexibility index (Phi) is 8.27. The van der Waals surface area contributed by atoms with E-state index in [-0.39, 0.29) is 17.6 Å². The van der Waals surface area contributed by atoms with E-state index in [0.717, 1.165) is 22.9 Å². The van der Waals surface area contributed by atoms with Gasteiger partial charge in [0, 0.05) is 11.9 Å². The number of fused-ring (bicyclic) bond motifs is 1. The third-order valence-electron chi connectivity index (χ3n) is 4.81. The molecule has 0 aromatic carbocycles. The van der Waals surface area contributed by atoms with Crippen LogP contribution < -0.4 is 15.8 Å². The van der Waals surface area contributed by atoms with E-state index < -0.39 is 5.82 Å². The van der Waals surface area contributed by atoms with Crippen molar-refractivity contribution >= 4 is 23.1 Å². The molecule has 168 valence electrons. The van der Waals surface area contributed by atoms with Gasteiger partial charge in [0.15, 0.2) is 5.82 Å². The molecule has 1 saturated carbocycles. The van der Waals surface area contributed by atoms with Gasteiger partial charge in [0.2, 0.25) is 11.8 Å². The van der Waals surface area contributed by atoms with Gasteiger partial charge in [-0.2, -0.15) is 14.4 Å². The van der Waals surface area contributed by atoms with E-state index in [1.54, 1.807) is 0 Å². The van der Waals surface area contributed by atoms with E-state index in [2.05, 4.69) is 49.4 Å². The molecule has 0 atom stereocenters. The number of hydrogen-bond acceptors (Lipinski definition) is 9. The van der Waals surface area contributed by atoms with Crippen LogP contribution in [-0.2, 0) is 19.4 Å². The Bertz CT molecular complexity index is 1030. The van der Waals surface area contributed by atoms with Gasteiger partial charge >= 0.3 is 0 Å². The lowest BCUT2D eigenvalue weighted by atomic mass is 10.2. The first-order valence-corrected chi connectivity index (χ1v) is 11.1. The summed E-state index contributed by atoms with van der Waals surface area (Å²) in [5.41, 5.74) is 8.36. The smallest absolute Gasteiger partial charge is 0.257 e. The van der Waals surface area contributed by atoms with Crippen molar-refractivity contribution in [3.8, 4) is 18.7 Å². The molecular formula is C22H26FN7OS. The molecule has 1 fully saturated rings. The van der Waals surface area contributed by atoms with E-state index in [9.17, 15) is 4.39 Å². The summed E-state index contributed by atoms with van der Waals surface area (Å²) in [5.74, 6) is -0.253. The molecule has 32 heavy (non-hydrogen) atoms. The molecule has 10 heteroatoms. The van der Waals surface area contributed by atoms with Gasteiger partial charge in [-0.05, 0) is 56.6 Å². The zero-order valence-electron chi connectivity index (χ0n) is 17.9. The molecule has 0 aliphatic heterocycles. The van der Waals surface area contributed by atoms with Crippen molar-refractivity contribution in [1.82, 2.24) is 25.1 Å². The minimum Gasteiger partial charge on any atom is -0.475 e. The Morgan fingerprint density at radius 3 is 2.75 bits per heavy atom. The average molecular weight is 456 g/mol. The number of nitrogens with one attached hydrogen (secondary N) is 1. The normalized spacial score (nSPS) is 13.8. The first-order valence-electron chi connectivity index (χ1n) is 10.3. The summed E-state index contributed by atoms with van der Waals surface area (Å²) in [6, 6.07) is 4.19. The molecule has 2 aliphatic carbocycles. The molecule has 3 aromatic rings. The van der Waals surface area contributed by atoms with E-state index in [1.807, 2.05) is 19.2 Å². The van der Waals surface area contributed by atoms with Crippen molar-refractivity contribution in [1.29, 1.82) is 0 Å². The number of anilines is 2. The van der Waals surface area contributed by atoms with E-state index >= 15 is 0 Å². The maximum absolute atomic E-state index is 14.2. The third-order valence-corrected chi connectivity index (χ3v) is 5.65. The van der Waals surface area contributed by atoms with Crippen LogP contribution in [0.3, 0.4) is 0 Å². The summed E-state index contributed by atoms with van der Waals surface area (Å²) in [5, 5.41) is 12.3. The molecule has 3 N–H and O–H groups in total. The number of nitrogens with two attached hydrogens (primary N) is 1. The summed E-state index contributed by atoms with van der Waals surface area (Å²) in [6.07, 6.45) is 15.8. The van der Waals surface area contributed by atoms with E-state index in [1.165, 1.54) is 41.9 Å². The highest BCUT2D eigenvalue weighted by atomic mass is 32.1. The van der Waals surface area contributed by atoms with Crippen LogP contribution in [0.4, 0.5) is 16.2 Å². The van der Waals surface area contributed by atoms with Gasteiger partial charge in [-0.15, -0.1) is 23.0 Å². The molecule has 2 aliphatic rings. The number of nitrogen functional groups attached to an aromatic ring is 1. The number of rotatable bonds is 6. The van der Waals surface area contributed by atoms with Crippen LogP contribution in [0, 0.1) is 31.5 Å². The van der Waals surface area contributed by atoms with Gasteiger partial charge in [0.1, 0.15) is 10.0 Å². The average Bonchev–Trinajstić information content (AvgIpc) is 3.35. The summed E-state index contributed by atoms with van der Waals surface area (Å²) in [6.45, 7) is 2.64. The quantitative estimate of drug-likeness (QED) is 0.543. The molecular weight excluding hydrogens is 429 g/mol. The van der Waals surface area contributed by atoms with Gasteiger partial charge in [-0.3, -0.25) is 4.98 Å². The largest absolute Gasteiger partial charge is 0.475 e. The van der Waals surface area contributed by atoms with Crippen LogP contribution >= 0.6 is 11.3 Å². The summed E-state index contributed by atoms with van der Waals surface area (Å²) in [4.78, 5) is 11.9. The van der Waals surface area contributed by atoms with Gasteiger partial charge in [0.05, 0.1) is 13.2 Å². The van der Waals surface area contributed by atoms with Crippen molar-refractivity contribution in [3.05, 3.63) is 45.4 Å². The number of terminal acetylenes is 1. The van der Waals surface area contributed by atoms with E-state index in [4.69, 9.17) is 10.5 Å². The predicted octanol–water partition coefficient (Wildman–Crippen LogP) is 3.58. The first-order chi connectivity index (χ1) is 15.6. The second-order valence-electron chi connectivity index (χ2n) is 7.34. The molecule has 0 spiro atoms. The zero-order chi connectivity index (χ0) is 22.9. The number of aryl methyl sites for hydroxylation is 3. The molecule has 0 unspecified atom stereocenters. The minimum atomic E-state index is -0.633. The summed E-state index contributed by atoms with van der Waals surface area (Å²) < 4.78 is 19.6. The lowest BCUT2D eigenvalue weighted by Crippen LogP contribution is -2.11. The molecule has 0 radical (unpaired) electrons. The van der Waals surface area contributed by atoms with Crippen LogP contribution in [0.1, 0.15) is 40.5 Å². The Hall–Kier alpha value is -3.32. The number of hydrogen-bond donors (Lipinski definition) is 2. The lowest BCUT2D eigenvalue weighted by Gasteiger charge is -2.10. The minimum absolute atomic E-state index is 0.0150. The lowest BCUT2D eigenvalue weighted by molar-refractivity contribution is 0.273. The summed E-state index contributed by atoms with van der Waals surface area (Å²) >= 11 is 1.43. The highest BCUT2D eigenvalue weighted by Crippen LogP contribution is 2.30. The monoisotopic (exact) mass is 455 g/mol. The van der Waals surface area contributed by atoms with Crippen molar-refractivity contribution in [2.75, 3.05) is 17.7 Å². The van der Waals surface area contributed by atoms with Crippen molar-refractivity contribution in [2.24, 2.45) is 5.92 Å². The fourth-order valence-corrected chi connectivity index (χ4v) is 3.72. The SMILES string of the molecule is C#C.Cc1nnc(CNc2nc(N)nc(OCC3CC3)c2F)s1.c1cnc2c(c1)CCC2. The van der Waals surface area contributed by atoms with Gasteiger partial charge in [0.25, 0.3) is 5.88 Å². The Labute approximate surface area is 190 Å². The van der Waals surface area contributed by atoms with Crippen LogP contribution in [0.25, 0.3) is 0 Å². The number of pyridine rings is 1. The van der Waals surface area contributed by atoms with Crippen LogP contribution in [0.2, 0.25) is 0 Å². The molecule has 3 heterocycles. The second-order valence-corrected chi connectivity index (χ2v) is 8.60. The Morgan fingerprint density at radius 2 is 2.06 bits per heavy atom. The van der Waals surface area contributed by atoms with Gasteiger partial charge in [-0.25, -0.2) is 0 Å². The Morgan fingerprint density at radius 1 is 1.25 bits per heavy atom. The van der Waals surface area contributed by atoms with E-state index in [0.29, 0.717) is 19.1 Å². The van der Waals surface area contributed by atoms with Crippen molar-refractivity contribution in [2.45, 2.75) is 45.6 Å². The molecule has 0 amide bonds. The molecule has 3 aromatic heterocycles. The maximum Gasteiger partial charge on any atom is 0.257 e. The number of nitrogens with zero attached hydrogens (tertiary/aromatic N) is 5. The molecule has 8 nitrogen and oxygen atoms in total. The first kappa shape index (κ1) is 23.3. The fraction of sp³-hybridized carbons (Fsp3) is 0.409. The molecule has 0 bridgehead atoms. The topological polar surface area (TPSA) is 112 Å². The summed E-state index contributed by atoms with van der Waals surface area (Å²) in [7, 11) is 0. The standard InChI is InChI=1S/C12H15FN6OS.C8H9N.C2H2/c1-6-18-19-8(21-6)4-15-10-9(13)11(17-12(14)16-10)20-5-7-2-3-7;1-3-7-4-2-6-9-8(7)5-1;1-2/h7H,2-5H2,1H3,(H3,14,15,16,17);2,4,6H,1,3,5H2;1-2H. The number of ether oxygens (including phenoxy) is 1. The van der Waals surface area contributed by atoms with Gasteiger partial charge in [-0.1, -0.05) is 17.4 Å². The van der Waals surface area contributed by atoms with Gasteiger partial charge < -0.3 is 15.8 Å². The maximum atomic E-state index is 14.2. The predicted molar refractivity (Wildman–Crippen MR) is 123 cm³/mol. The zero-order valence-corrected chi connectivity index (χ0v) is 18.7. The molecule has 5 rings (SSSR count). The molecule has 0 saturated heterocycles. The highest BCUT2D eigenvalue weighted by molar-refractivity contribution is 7.11. The van der Waals surface area contributed by atoms with Crippen molar-refractivity contribution in [3.63, 3.8) is 0 Å². The highest BCUT2D eigenvalue weighted by Gasteiger charge is 2.24. The van der Waals surface area contributed by atoms with Crippen molar-refractivity contribution < 1.29 is 9.13 Å². The van der Waals surface area contributed by atoms with Crippen LogP contribution in [0.15, 0.2) is 18.3 Å². The Balaban J connectivity index is 0.000000218. The third kappa shape index (κ3) is 6.59. The fourth-order valence-electron chi connectivity index (χ4n) is 3.08. The van der Waals surface area contributed by atoms with Crippen LogP contribution in [-0.4, -0.2) is 31.8 Å². The van der Waals surface area contributed by atoms with Crippen LogP contribution in [0.5, 0.6) is 5.88 Å². The number of aromatic nitrogens is 5. The second kappa shape index (κ2) is 11.3. The number of halogens is 1.